The first-order valence-corrected chi connectivity index (χ1v) is 9.04. The van der Waals surface area contributed by atoms with E-state index in [2.05, 4.69) is 6.58 Å². The van der Waals surface area contributed by atoms with Gasteiger partial charge in [0.05, 0.1) is 7.11 Å². The summed E-state index contributed by atoms with van der Waals surface area (Å²) in [5.41, 5.74) is -0.612. The van der Waals surface area contributed by atoms with Gasteiger partial charge in [-0.05, 0) is 43.7 Å². The van der Waals surface area contributed by atoms with Crippen LogP contribution in [0.15, 0.2) is 36.6 Å². The van der Waals surface area contributed by atoms with E-state index in [0.29, 0.717) is 18.6 Å². The predicted octanol–water partition coefficient (Wildman–Crippen LogP) is 4.33. The molecule has 1 aromatic carbocycles. The normalized spacial score (nSPS) is 28.2. The van der Waals surface area contributed by atoms with Crippen LogP contribution in [0.1, 0.15) is 32.3 Å². The molecule has 0 saturated carbocycles. The van der Waals surface area contributed by atoms with Gasteiger partial charge in [-0.2, -0.15) is 0 Å². The zero-order valence-electron chi connectivity index (χ0n) is 15.8. The van der Waals surface area contributed by atoms with E-state index >= 15 is 0 Å². The number of methoxy groups -OCH3 is 1. The molecule has 1 unspecified atom stereocenters. The second-order valence-electron chi connectivity index (χ2n) is 7.21. The molecule has 0 radical (unpaired) electrons. The number of hydrogen-bond acceptors (Lipinski definition) is 4. The summed E-state index contributed by atoms with van der Waals surface area (Å²) in [5.74, 6) is -1.34. The maximum atomic E-state index is 14.4. The van der Waals surface area contributed by atoms with Gasteiger partial charge in [0.15, 0.2) is 23.6 Å². The molecule has 4 atom stereocenters. The van der Waals surface area contributed by atoms with Crippen LogP contribution in [-0.2, 0) is 20.7 Å². The summed E-state index contributed by atoms with van der Waals surface area (Å²) in [6, 6.07) is 2.20. The van der Waals surface area contributed by atoms with Crippen LogP contribution in [0.2, 0.25) is 0 Å². The fourth-order valence-corrected chi connectivity index (χ4v) is 4.01. The molecule has 0 spiro atoms. The van der Waals surface area contributed by atoms with E-state index in [1.165, 1.54) is 13.2 Å². The highest BCUT2D eigenvalue weighted by Crippen LogP contribution is 2.48. The zero-order chi connectivity index (χ0) is 19.8. The Morgan fingerprint density at radius 1 is 1.41 bits per heavy atom. The number of halogens is 2. The number of hydrogen-bond donors (Lipinski definition) is 0. The standard InChI is InChI=1S/C21H24F2O4/c1-5-6-14-11-21(20(10-18(14)24)26-13(3)27-21)12(2)7-15-8-17(23)19(25-4)9-16(15)22/h5,8-10,12-14H,1,6-7,11H2,2-4H3/t12?,13-,14+,21-/m1/s1. The molecule has 1 saturated heterocycles. The molecule has 0 N–H and O–H groups in total. The third-order valence-corrected chi connectivity index (χ3v) is 5.41. The molecular weight excluding hydrogens is 354 g/mol. The van der Waals surface area contributed by atoms with Gasteiger partial charge in [0.2, 0.25) is 0 Å². The Kier molecular flexibility index (Phi) is 5.38. The lowest BCUT2D eigenvalue weighted by Gasteiger charge is -2.38. The van der Waals surface area contributed by atoms with Crippen molar-refractivity contribution >= 4 is 5.78 Å². The summed E-state index contributed by atoms with van der Waals surface area (Å²) in [6.07, 6.45) is 3.87. The van der Waals surface area contributed by atoms with Crippen molar-refractivity contribution in [1.82, 2.24) is 0 Å². The van der Waals surface area contributed by atoms with E-state index < -0.39 is 23.5 Å². The number of fused-ring (bicyclic) bond motifs is 1. The van der Waals surface area contributed by atoms with E-state index in [1.54, 1.807) is 13.0 Å². The molecule has 1 heterocycles. The number of benzene rings is 1. The van der Waals surface area contributed by atoms with E-state index in [9.17, 15) is 13.6 Å². The molecule has 0 amide bonds. The molecule has 146 valence electrons. The number of ketones is 1. The fourth-order valence-electron chi connectivity index (χ4n) is 4.01. The number of ether oxygens (including phenoxy) is 3. The summed E-state index contributed by atoms with van der Waals surface area (Å²) in [7, 11) is 1.29. The minimum absolute atomic E-state index is 0.0212. The van der Waals surface area contributed by atoms with Gasteiger partial charge in [0, 0.05) is 18.1 Å². The highest BCUT2D eigenvalue weighted by molar-refractivity contribution is 5.93. The van der Waals surface area contributed by atoms with E-state index in [-0.39, 0.29) is 35.4 Å². The second-order valence-corrected chi connectivity index (χ2v) is 7.21. The molecule has 0 bridgehead atoms. The first-order valence-electron chi connectivity index (χ1n) is 9.04. The molecule has 3 rings (SSSR count). The molecule has 1 aliphatic heterocycles. The number of carbonyl (C=O) groups excluding carboxylic acids is 1. The molecule has 6 heteroatoms. The van der Waals surface area contributed by atoms with Crippen LogP contribution in [0.4, 0.5) is 8.78 Å². The minimum Gasteiger partial charge on any atom is -0.494 e. The Labute approximate surface area is 157 Å². The van der Waals surface area contributed by atoms with Crippen LogP contribution in [0.3, 0.4) is 0 Å². The van der Waals surface area contributed by atoms with Gasteiger partial charge in [-0.25, -0.2) is 8.78 Å². The highest BCUT2D eigenvalue weighted by atomic mass is 19.1. The van der Waals surface area contributed by atoms with Crippen LogP contribution < -0.4 is 4.74 Å². The molecule has 4 nitrogen and oxygen atoms in total. The Morgan fingerprint density at radius 3 is 2.81 bits per heavy atom. The number of rotatable bonds is 6. The highest BCUT2D eigenvalue weighted by Gasteiger charge is 2.53. The maximum absolute atomic E-state index is 14.4. The number of allylic oxidation sites excluding steroid dienone is 2. The van der Waals surface area contributed by atoms with Gasteiger partial charge < -0.3 is 14.2 Å². The second kappa shape index (κ2) is 7.43. The van der Waals surface area contributed by atoms with Crippen LogP contribution in [0.5, 0.6) is 5.75 Å². The zero-order valence-corrected chi connectivity index (χ0v) is 15.8. The molecule has 1 aliphatic carbocycles. The van der Waals surface area contributed by atoms with Gasteiger partial charge in [-0.3, -0.25) is 4.79 Å². The average Bonchev–Trinajstić information content (AvgIpc) is 2.94. The SMILES string of the molecule is C=CC[C@H]1C[C@]2(C(C)Cc3cc(F)c(OC)cc3F)O[C@H](C)OC2=CC1=O. The summed E-state index contributed by atoms with van der Waals surface area (Å²) in [4.78, 5) is 12.3. The van der Waals surface area contributed by atoms with Crippen molar-refractivity contribution in [3.05, 3.63) is 53.8 Å². The van der Waals surface area contributed by atoms with Crippen LogP contribution >= 0.6 is 0 Å². The van der Waals surface area contributed by atoms with Gasteiger partial charge >= 0.3 is 0 Å². The van der Waals surface area contributed by atoms with E-state index in [1.807, 2.05) is 6.92 Å². The summed E-state index contributed by atoms with van der Waals surface area (Å²) in [5, 5.41) is 0. The Hall–Kier alpha value is -2.21. The fraction of sp³-hybridized carbons (Fsp3) is 0.476. The predicted molar refractivity (Wildman–Crippen MR) is 96.2 cm³/mol. The van der Waals surface area contributed by atoms with Gasteiger partial charge in [-0.15, -0.1) is 6.58 Å². The molecule has 2 aliphatic rings. The Morgan fingerprint density at radius 2 is 2.15 bits per heavy atom. The number of carbonyl (C=O) groups is 1. The quantitative estimate of drug-likeness (QED) is 0.691. The third-order valence-electron chi connectivity index (χ3n) is 5.41. The van der Waals surface area contributed by atoms with Crippen molar-refractivity contribution in [2.75, 3.05) is 7.11 Å². The van der Waals surface area contributed by atoms with Crippen molar-refractivity contribution in [2.24, 2.45) is 11.8 Å². The van der Waals surface area contributed by atoms with Crippen LogP contribution in [0, 0.1) is 23.5 Å². The third kappa shape index (κ3) is 3.50. The minimum atomic E-state index is -0.843. The van der Waals surface area contributed by atoms with Gasteiger partial charge in [0.1, 0.15) is 17.2 Å². The molecule has 27 heavy (non-hydrogen) atoms. The summed E-state index contributed by atoms with van der Waals surface area (Å²) in [6.45, 7) is 7.37. The molecular formula is C21H24F2O4. The lowest BCUT2D eigenvalue weighted by atomic mass is 9.71. The first kappa shape index (κ1) is 19.5. The van der Waals surface area contributed by atoms with Crippen molar-refractivity contribution in [2.45, 2.75) is 45.0 Å². The van der Waals surface area contributed by atoms with E-state index in [4.69, 9.17) is 14.2 Å². The van der Waals surface area contributed by atoms with Crippen molar-refractivity contribution in [3.8, 4) is 5.75 Å². The molecule has 1 aromatic rings. The first-order chi connectivity index (χ1) is 12.8. The van der Waals surface area contributed by atoms with Crippen molar-refractivity contribution in [1.29, 1.82) is 0 Å². The van der Waals surface area contributed by atoms with Crippen molar-refractivity contribution in [3.63, 3.8) is 0 Å². The smallest absolute Gasteiger partial charge is 0.197 e. The molecule has 1 fully saturated rings. The lowest BCUT2D eigenvalue weighted by molar-refractivity contribution is -0.127. The maximum Gasteiger partial charge on any atom is 0.197 e. The van der Waals surface area contributed by atoms with Crippen molar-refractivity contribution < 1.29 is 27.8 Å². The lowest BCUT2D eigenvalue weighted by Crippen LogP contribution is -2.45. The van der Waals surface area contributed by atoms with E-state index in [0.717, 1.165) is 12.1 Å². The topological polar surface area (TPSA) is 44.8 Å². The largest absolute Gasteiger partial charge is 0.494 e. The average molecular weight is 378 g/mol. The van der Waals surface area contributed by atoms with Crippen LogP contribution in [-0.4, -0.2) is 24.8 Å². The Bertz CT molecular complexity index is 789. The summed E-state index contributed by atoms with van der Waals surface area (Å²) < 4.78 is 45.1. The molecule has 0 aromatic heterocycles. The monoisotopic (exact) mass is 378 g/mol. The van der Waals surface area contributed by atoms with Gasteiger partial charge in [-0.1, -0.05) is 13.0 Å². The summed E-state index contributed by atoms with van der Waals surface area (Å²) >= 11 is 0. The Balaban J connectivity index is 1.93. The van der Waals surface area contributed by atoms with Gasteiger partial charge in [0.25, 0.3) is 0 Å². The van der Waals surface area contributed by atoms with Crippen LogP contribution in [0.25, 0.3) is 0 Å².